The number of nitrogens with two attached hydrogens (primary N) is 1. The first-order valence-corrected chi connectivity index (χ1v) is 7.21. The highest BCUT2D eigenvalue weighted by Gasteiger charge is 2.16. The number of nitrogen functional groups attached to an aromatic ring is 1. The molecule has 0 aliphatic rings. The van der Waals surface area contributed by atoms with Gasteiger partial charge in [-0.2, -0.15) is 0 Å². The number of aromatic nitrogens is 1. The van der Waals surface area contributed by atoms with Crippen LogP contribution in [0.5, 0.6) is 0 Å². The van der Waals surface area contributed by atoms with Gasteiger partial charge in [0, 0.05) is 37.3 Å². The van der Waals surface area contributed by atoms with Gasteiger partial charge in [0.15, 0.2) is 5.13 Å². The van der Waals surface area contributed by atoms with E-state index in [1.165, 1.54) is 4.88 Å². The maximum absolute atomic E-state index is 5.35. The summed E-state index contributed by atoms with van der Waals surface area (Å²) in [5.74, 6) is 5.35. The lowest BCUT2D eigenvalue weighted by molar-refractivity contribution is 0.111. The molecule has 0 aliphatic carbocycles. The van der Waals surface area contributed by atoms with E-state index in [4.69, 9.17) is 10.6 Å². The molecule has 1 aromatic rings. The van der Waals surface area contributed by atoms with Crippen molar-refractivity contribution >= 4 is 16.5 Å². The Balaban J connectivity index is 2.64. The second kappa shape index (κ2) is 8.42. The molecule has 0 aromatic carbocycles. The van der Waals surface area contributed by atoms with Crippen LogP contribution in [0.25, 0.3) is 0 Å². The largest absolute Gasteiger partial charge is 0.383 e. The van der Waals surface area contributed by atoms with E-state index in [0.29, 0.717) is 6.04 Å². The van der Waals surface area contributed by atoms with E-state index in [-0.39, 0.29) is 0 Å². The number of anilines is 1. The second-order valence-electron chi connectivity index (χ2n) is 4.21. The number of rotatable bonds is 9. The molecule has 0 bridgehead atoms. The highest BCUT2D eigenvalue weighted by atomic mass is 32.1. The maximum atomic E-state index is 5.35. The predicted octanol–water partition coefficient (Wildman–Crippen LogP) is 2.07. The zero-order valence-electron chi connectivity index (χ0n) is 11.5. The highest BCUT2D eigenvalue weighted by Crippen LogP contribution is 2.21. The van der Waals surface area contributed by atoms with Crippen LogP contribution in [0.15, 0.2) is 6.20 Å². The Morgan fingerprint density at radius 1 is 1.50 bits per heavy atom. The first-order chi connectivity index (χ1) is 8.74. The zero-order chi connectivity index (χ0) is 13.4. The SMILES string of the molecule is CCC(CC)N(CCOC)Cc1cnc(NN)s1. The molecule has 18 heavy (non-hydrogen) atoms. The molecule has 1 aromatic heterocycles. The Hall–Kier alpha value is -0.690. The van der Waals surface area contributed by atoms with Gasteiger partial charge in [0.1, 0.15) is 0 Å². The van der Waals surface area contributed by atoms with Crippen molar-refractivity contribution in [2.45, 2.75) is 39.3 Å². The van der Waals surface area contributed by atoms with Gasteiger partial charge in [-0.15, -0.1) is 0 Å². The molecule has 0 aliphatic heterocycles. The van der Waals surface area contributed by atoms with Gasteiger partial charge in [0.05, 0.1) is 6.61 Å². The minimum atomic E-state index is 0.594. The molecule has 6 heteroatoms. The summed E-state index contributed by atoms with van der Waals surface area (Å²) in [4.78, 5) is 7.89. The van der Waals surface area contributed by atoms with Crippen molar-refractivity contribution < 1.29 is 4.74 Å². The predicted molar refractivity (Wildman–Crippen MR) is 76.6 cm³/mol. The van der Waals surface area contributed by atoms with E-state index in [2.05, 4.69) is 29.2 Å². The lowest BCUT2D eigenvalue weighted by Gasteiger charge is -2.29. The highest BCUT2D eigenvalue weighted by molar-refractivity contribution is 7.15. The number of thiazole rings is 1. The molecule has 0 fully saturated rings. The Morgan fingerprint density at radius 2 is 2.22 bits per heavy atom. The summed E-state index contributed by atoms with van der Waals surface area (Å²) in [6.45, 7) is 7.08. The normalized spacial score (nSPS) is 11.4. The lowest BCUT2D eigenvalue weighted by atomic mass is 10.1. The van der Waals surface area contributed by atoms with Crippen LogP contribution in [0.4, 0.5) is 5.13 Å². The summed E-state index contributed by atoms with van der Waals surface area (Å²) in [5, 5.41) is 0.765. The molecule has 0 radical (unpaired) electrons. The molecule has 0 saturated heterocycles. The monoisotopic (exact) mass is 272 g/mol. The van der Waals surface area contributed by atoms with Crippen molar-refractivity contribution in [2.24, 2.45) is 5.84 Å². The van der Waals surface area contributed by atoms with Gasteiger partial charge in [-0.3, -0.25) is 10.3 Å². The minimum Gasteiger partial charge on any atom is -0.383 e. The lowest BCUT2D eigenvalue weighted by Crippen LogP contribution is -2.36. The molecule has 0 amide bonds. The Labute approximate surface area is 113 Å². The first kappa shape index (κ1) is 15.4. The third kappa shape index (κ3) is 4.53. The Bertz CT molecular complexity index is 328. The third-order valence-electron chi connectivity index (χ3n) is 3.08. The van der Waals surface area contributed by atoms with E-state index in [9.17, 15) is 0 Å². The van der Waals surface area contributed by atoms with E-state index in [1.54, 1.807) is 18.4 Å². The van der Waals surface area contributed by atoms with Crippen molar-refractivity contribution in [1.29, 1.82) is 0 Å². The van der Waals surface area contributed by atoms with Gasteiger partial charge < -0.3 is 4.74 Å². The van der Waals surface area contributed by atoms with Crippen LogP contribution in [-0.2, 0) is 11.3 Å². The molecule has 0 unspecified atom stereocenters. The second-order valence-corrected chi connectivity index (χ2v) is 5.32. The van der Waals surface area contributed by atoms with Crippen molar-refractivity contribution in [3.05, 3.63) is 11.1 Å². The average Bonchev–Trinajstić information content (AvgIpc) is 2.84. The Morgan fingerprint density at radius 3 is 2.72 bits per heavy atom. The van der Waals surface area contributed by atoms with Crippen molar-refractivity contribution in [3.8, 4) is 0 Å². The van der Waals surface area contributed by atoms with E-state index >= 15 is 0 Å². The van der Waals surface area contributed by atoms with Crippen LogP contribution in [0, 0.1) is 0 Å². The topological polar surface area (TPSA) is 63.4 Å². The molecule has 0 spiro atoms. The fraction of sp³-hybridized carbons (Fsp3) is 0.750. The number of methoxy groups -OCH3 is 1. The molecule has 1 rings (SSSR count). The fourth-order valence-electron chi connectivity index (χ4n) is 2.05. The van der Waals surface area contributed by atoms with E-state index < -0.39 is 0 Å². The van der Waals surface area contributed by atoms with Crippen molar-refractivity contribution in [1.82, 2.24) is 9.88 Å². The molecule has 0 atom stereocenters. The van der Waals surface area contributed by atoms with Gasteiger partial charge in [0.2, 0.25) is 0 Å². The van der Waals surface area contributed by atoms with Gasteiger partial charge >= 0.3 is 0 Å². The molecular weight excluding hydrogens is 248 g/mol. The standard InChI is InChI=1S/C12H24N4OS/c1-4-10(5-2)16(6-7-17-3)9-11-8-14-12(15-13)18-11/h8,10H,4-7,9,13H2,1-3H3,(H,14,15). The molecule has 104 valence electrons. The van der Waals surface area contributed by atoms with Crippen molar-refractivity contribution in [3.63, 3.8) is 0 Å². The summed E-state index contributed by atoms with van der Waals surface area (Å²) in [6, 6.07) is 0.594. The van der Waals surface area contributed by atoms with Crippen LogP contribution < -0.4 is 11.3 Å². The number of nitrogens with one attached hydrogen (secondary N) is 1. The first-order valence-electron chi connectivity index (χ1n) is 6.39. The summed E-state index contributed by atoms with van der Waals surface area (Å²) < 4.78 is 5.19. The van der Waals surface area contributed by atoms with Crippen molar-refractivity contribution in [2.75, 3.05) is 25.7 Å². The van der Waals surface area contributed by atoms with Crippen LogP contribution in [-0.4, -0.2) is 36.2 Å². The summed E-state index contributed by atoms with van der Waals surface area (Å²) in [7, 11) is 1.74. The smallest absolute Gasteiger partial charge is 0.197 e. The Kier molecular flexibility index (Phi) is 7.19. The van der Waals surface area contributed by atoms with Gasteiger partial charge in [-0.25, -0.2) is 10.8 Å². The molecule has 0 saturated carbocycles. The maximum Gasteiger partial charge on any atom is 0.197 e. The average molecular weight is 272 g/mol. The number of hydrogen-bond donors (Lipinski definition) is 2. The molecule has 5 nitrogen and oxygen atoms in total. The van der Waals surface area contributed by atoms with Gasteiger partial charge in [0.25, 0.3) is 0 Å². The van der Waals surface area contributed by atoms with Crippen LogP contribution in [0.1, 0.15) is 31.6 Å². The summed E-state index contributed by atoms with van der Waals surface area (Å²) in [5.41, 5.74) is 2.59. The number of nitrogens with zero attached hydrogens (tertiary/aromatic N) is 2. The van der Waals surface area contributed by atoms with Gasteiger partial charge in [-0.05, 0) is 12.8 Å². The van der Waals surface area contributed by atoms with Crippen LogP contribution >= 0.6 is 11.3 Å². The third-order valence-corrected chi connectivity index (χ3v) is 3.99. The van der Waals surface area contributed by atoms with E-state index in [0.717, 1.165) is 37.7 Å². The van der Waals surface area contributed by atoms with Crippen LogP contribution in [0.3, 0.4) is 0 Å². The minimum absolute atomic E-state index is 0.594. The number of ether oxygens (including phenoxy) is 1. The fourth-order valence-corrected chi connectivity index (χ4v) is 2.80. The van der Waals surface area contributed by atoms with E-state index in [1.807, 2.05) is 6.20 Å². The number of hydrogen-bond acceptors (Lipinski definition) is 6. The summed E-state index contributed by atoms with van der Waals surface area (Å²) in [6.07, 6.45) is 4.20. The number of hydrazine groups is 1. The molecule has 1 heterocycles. The molecule has 3 N–H and O–H groups in total. The van der Waals surface area contributed by atoms with Crippen LogP contribution in [0.2, 0.25) is 0 Å². The molecular formula is C12H24N4OS. The zero-order valence-corrected chi connectivity index (χ0v) is 12.3. The van der Waals surface area contributed by atoms with Gasteiger partial charge in [-0.1, -0.05) is 25.2 Å². The summed E-state index contributed by atoms with van der Waals surface area (Å²) >= 11 is 1.60. The quantitative estimate of drug-likeness (QED) is 0.532.